The van der Waals surface area contributed by atoms with Gasteiger partial charge in [-0.2, -0.15) is 0 Å². The van der Waals surface area contributed by atoms with Crippen LogP contribution in [-0.2, 0) is 4.79 Å². The van der Waals surface area contributed by atoms with E-state index in [2.05, 4.69) is 17.1 Å². The maximum Gasteiger partial charge on any atom is 0.240 e. The molecule has 0 aromatic rings. The lowest BCUT2D eigenvalue weighted by molar-refractivity contribution is -0.127. The van der Waals surface area contributed by atoms with E-state index in [1.165, 1.54) is 38.8 Å². The number of piperidine rings is 1. The number of nitrogens with zero attached hydrogens (tertiary/aromatic N) is 1. The van der Waals surface area contributed by atoms with Crippen LogP contribution >= 0.6 is 0 Å². The van der Waals surface area contributed by atoms with Gasteiger partial charge in [-0.05, 0) is 45.7 Å². The molecule has 1 aliphatic heterocycles. The number of carbonyl (C=O) groups is 1. The largest absolute Gasteiger partial charge is 0.353 e. The van der Waals surface area contributed by atoms with Crippen molar-refractivity contribution in [2.45, 2.75) is 69.9 Å². The van der Waals surface area contributed by atoms with Crippen molar-refractivity contribution < 1.29 is 4.79 Å². The topological polar surface area (TPSA) is 58.4 Å². The minimum absolute atomic E-state index is 0.0658. The quantitative estimate of drug-likeness (QED) is 0.814. The Balaban J connectivity index is 1.75. The normalized spacial score (nSPS) is 25.8. The zero-order chi connectivity index (χ0) is 13.7. The summed E-state index contributed by atoms with van der Waals surface area (Å²) in [7, 11) is 0. The van der Waals surface area contributed by atoms with E-state index in [9.17, 15) is 4.79 Å². The van der Waals surface area contributed by atoms with E-state index in [4.69, 9.17) is 5.73 Å². The molecule has 1 saturated heterocycles. The monoisotopic (exact) mass is 267 g/mol. The van der Waals surface area contributed by atoms with Crippen molar-refractivity contribution in [1.82, 2.24) is 10.2 Å². The molecule has 1 amide bonds. The van der Waals surface area contributed by atoms with Gasteiger partial charge in [-0.15, -0.1) is 0 Å². The Morgan fingerprint density at radius 2 is 1.74 bits per heavy atom. The first kappa shape index (κ1) is 14.8. The van der Waals surface area contributed by atoms with Gasteiger partial charge in [-0.3, -0.25) is 9.69 Å². The smallest absolute Gasteiger partial charge is 0.240 e. The van der Waals surface area contributed by atoms with Gasteiger partial charge in [0.2, 0.25) is 5.91 Å². The molecule has 0 radical (unpaired) electrons. The molecule has 2 fully saturated rings. The SMILES string of the molecule is CC(CNC(=O)C1(N)CCCCC1)N1CCCCC1. The number of hydrogen-bond donors (Lipinski definition) is 2. The number of rotatable bonds is 4. The highest BCUT2D eigenvalue weighted by molar-refractivity contribution is 5.86. The van der Waals surface area contributed by atoms with Crippen molar-refractivity contribution in [2.24, 2.45) is 5.73 Å². The molecule has 4 heteroatoms. The Morgan fingerprint density at radius 1 is 1.16 bits per heavy atom. The van der Waals surface area contributed by atoms with Gasteiger partial charge in [-0.1, -0.05) is 25.7 Å². The molecule has 1 heterocycles. The zero-order valence-electron chi connectivity index (χ0n) is 12.3. The van der Waals surface area contributed by atoms with E-state index in [1.807, 2.05) is 0 Å². The lowest BCUT2D eigenvalue weighted by Crippen LogP contribution is -2.57. The number of likely N-dealkylation sites (tertiary alicyclic amines) is 1. The summed E-state index contributed by atoms with van der Waals surface area (Å²) in [6, 6.07) is 0.427. The molecule has 1 aliphatic carbocycles. The summed E-state index contributed by atoms with van der Waals surface area (Å²) in [6.07, 6.45) is 9.02. The second-order valence-electron chi connectivity index (χ2n) is 6.37. The van der Waals surface area contributed by atoms with Gasteiger partial charge in [0, 0.05) is 12.6 Å². The average molecular weight is 267 g/mol. The van der Waals surface area contributed by atoms with E-state index in [0.29, 0.717) is 6.04 Å². The Bertz CT molecular complexity index is 294. The van der Waals surface area contributed by atoms with E-state index in [1.54, 1.807) is 0 Å². The molecule has 3 N–H and O–H groups in total. The number of hydrogen-bond acceptors (Lipinski definition) is 3. The van der Waals surface area contributed by atoms with Crippen molar-refractivity contribution in [3.63, 3.8) is 0 Å². The number of carbonyl (C=O) groups excluding carboxylic acids is 1. The maximum atomic E-state index is 12.3. The number of nitrogens with one attached hydrogen (secondary N) is 1. The van der Waals surface area contributed by atoms with Crippen LogP contribution in [0.25, 0.3) is 0 Å². The van der Waals surface area contributed by atoms with E-state index >= 15 is 0 Å². The molecule has 1 saturated carbocycles. The van der Waals surface area contributed by atoms with Crippen molar-refractivity contribution >= 4 is 5.91 Å². The highest BCUT2D eigenvalue weighted by Crippen LogP contribution is 2.26. The highest BCUT2D eigenvalue weighted by Gasteiger charge is 2.35. The Morgan fingerprint density at radius 3 is 2.37 bits per heavy atom. The third-order valence-electron chi connectivity index (χ3n) is 4.77. The average Bonchev–Trinajstić information content (AvgIpc) is 2.46. The highest BCUT2D eigenvalue weighted by atomic mass is 16.2. The van der Waals surface area contributed by atoms with Crippen LogP contribution in [-0.4, -0.2) is 42.0 Å². The van der Waals surface area contributed by atoms with Gasteiger partial charge in [-0.25, -0.2) is 0 Å². The second kappa shape index (κ2) is 6.71. The summed E-state index contributed by atoms with van der Waals surface area (Å²) < 4.78 is 0. The first-order valence-electron chi connectivity index (χ1n) is 7.93. The Hall–Kier alpha value is -0.610. The third kappa shape index (κ3) is 3.93. The van der Waals surface area contributed by atoms with Crippen LogP contribution in [0, 0.1) is 0 Å². The van der Waals surface area contributed by atoms with Gasteiger partial charge in [0.1, 0.15) is 0 Å². The molecule has 2 rings (SSSR count). The molecular weight excluding hydrogens is 238 g/mol. The molecule has 19 heavy (non-hydrogen) atoms. The molecule has 4 nitrogen and oxygen atoms in total. The predicted molar refractivity (Wildman–Crippen MR) is 77.9 cm³/mol. The molecule has 0 bridgehead atoms. The first-order chi connectivity index (χ1) is 9.12. The summed E-state index contributed by atoms with van der Waals surface area (Å²) in [6.45, 7) is 5.28. The number of nitrogens with two attached hydrogens (primary N) is 1. The summed E-state index contributed by atoms with van der Waals surface area (Å²) >= 11 is 0. The molecule has 0 aromatic carbocycles. The van der Waals surface area contributed by atoms with Crippen LogP contribution in [0.3, 0.4) is 0 Å². The lowest BCUT2D eigenvalue weighted by Gasteiger charge is -2.35. The van der Waals surface area contributed by atoms with Crippen LogP contribution in [0.2, 0.25) is 0 Å². The van der Waals surface area contributed by atoms with E-state index in [0.717, 1.165) is 32.2 Å². The minimum Gasteiger partial charge on any atom is -0.353 e. The first-order valence-corrected chi connectivity index (χ1v) is 7.93. The standard InChI is InChI=1S/C15H29N3O/c1-13(18-10-6-3-7-11-18)12-17-14(19)15(16)8-4-2-5-9-15/h13H,2-12,16H2,1H3,(H,17,19). The molecule has 0 aromatic heterocycles. The van der Waals surface area contributed by atoms with Crippen molar-refractivity contribution in [3.8, 4) is 0 Å². The second-order valence-corrected chi connectivity index (χ2v) is 6.37. The fourth-order valence-electron chi connectivity index (χ4n) is 3.31. The molecule has 0 spiro atoms. The molecule has 1 unspecified atom stereocenters. The third-order valence-corrected chi connectivity index (χ3v) is 4.77. The molecule has 1 atom stereocenters. The Kier molecular flexibility index (Phi) is 5.22. The Labute approximate surface area is 117 Å². The summed E-state index contributed by atoms with van der Waals surface area (Å²) in [4.78, 5) is 14.7. The van der Waals surface area contributed by atoms with Crippen molar-refractivity contribution in [2.75, 3.05) is 19.6 Å². The van der Waals surface area contributed by atoms with Crippen LogP contribution in [0.5, 0.6) is 0 Å². The molecule has 2 aliphatic rings. The van der Waals surface area contributed by atoms with Crippen molar-refractivity contribution in [3.05, 3.63) is 0 Å². The van der Waals surface area contributed by atoms with Gasteiger partial charge < -0.3 is 11.1 Å². The van der Waals surface area contributed by atoms with Crippen LogP contribution in [0.4, 0.5) is 0 Å². The fraction of sp³-hybridized carbons (Fsp3) is 0.933. The summed E-state index contributed by atoms with van der Waals surface area (Å²) in [5.74, 6) is 0.0658. The maximum absolute atomic E-state index is 12.3. The van der Waals surface area contributed by atoms with Gasteiger partial charge in [0.25, 0.3) is 0 Å². The van der Waals surface area contributed by atoms with Crippen LogP contribution < -0.4 is 11.1 Å². The number of amides is 1. The van der Waals surface area contributed by atoms with Crippen molar-refractivity contribution in [1.29, 1.82) is 0 Å². The van der Waals surface area contributed by atoms with Crippen LogP contribution in [0.15, 0.2) is 0 Å². The minimum atomic E-state index is -0.597. The van der Waals surface area contributed by atoms with E-state index < -0.39 is 5.54 Å². The summed E-state index contributed by atoms with van der Waals surface area (Å²) in [5, 5.41) is 3.08. The van der Waals surface area contributed by atoms with Gasteiger partial charge >= 0.3 is 0 Å². The van der Waals surface area contributed by atoms with Crippen LogP contribution in [0.1, 0.15) is 58.3 Å². The van der Waals surface area contributed by atoms with Gasteiger partial charge in [0.05, 0.1) is 5.54 Å². The molecule has 110 valence electrons. The zero-order valence-corrected chi connectivity index (χ0v) is 12.3. The predicted octanol–water partition coefficient (Wildman–Crippen LogP) is 1.64. The van der Waals surface area contributed by atoms with Gasteiger partial charge in [0.15, 0.2) is 0 Å². The lowest BCUT2D eigenvalue weighted by atomic mass is 9.82. The molecular formula is C15H29N3O. The van der Waals surface area contributed by atoms with E-state index in [-0.39, 0.29) is 5.91 Å². The fourth-order valence-corrected chi connectivity index (χ4v) is 3.31. The summed E-state index contributed by atoms with van der Waals surface area (Å²) in [5.41, 5.74) is 5.64.